The zero-order valence-corrected chi connectivity index (χ0v) is 18.7. The summed E-state index contributed by atoms with van der Waals surface area (Å²) in [6.45, 7) is 4.09. The van der Waals surface area contributed by atoms with Crippen molar-refractivity contribution >= 4 is 37.8 Å². The molecule has 29 heavy (non-hydrogen) atoms. The normalized spacial score (nSPS) is 10.3. The number of hydrogen-bond donors (Lipinski definition) is 0. The monoisotopic (exact) mass is 517 g/mol. The summed E-state index contributed by atoms with van der Waals surface area (Å²) < 4.78 is 13.0. The van der Waals surface area contributed by atoms with Crippen LogP contribution < -0.4 is 9.47 Å². The van der Waals surface area contributed by atoms with Gasteiger partial charge in [0.2, 0.25) is 11.8 Å². The third-order valence-corrected chi connectivity index (χ3v) is 4.58. The van der Waals surface area contributed by atoms with Gasteiger partial charge >= 0.3 is 0 Å². The lowest BCUT2D eigenvalue weighted by Crippen LogP contribution is -2.26. The predicted octanol–water partition coefficient (Wildman–Crippen LogP) is 5.84. The number of pyridine rings is 2. The molecular formula is C21H17Br2N3O3. The number of carbonyl (C=O) groups is 1. The van der Waals surface area contributed by atoms with Crippen molar-refractivity contribution in [1.82, 2.24) is 14.9 Å². The number of hydrogen-bond acceptors (Lipinski definition) is 5. The molecule has 6 nitrogen and oxygen atoms in total. The summed E-state index contributed by atoms with van der Waals surface area (Å²) in [7, 11) is 1.70. The van der Waals surface area contributed by atoms with Gasteiger partial charge in [0, 0.05) is 37.4 Å². The Morgan fingerprint density at radius 2 is 1.52 bits per heavy atom. The van der Waals surface area contributed by atoms with E-state index in [1.165, 1.54) is 0 Å². The minimum absolute atomic E-state index is 0.190. The molecule has 0 N–H and O–H groups in total. The third kappa shape index (κ3) is 5.88. The lowest BCUT2D eigenvalue weighted by Gasteiger charge is -2.16. The van der Waals surface area contributed by atoms with Gasteiger partial charge in [-0.25, -0.2) is 9.97 Å². The lowest BCUT2D eigenvalue weighted by atomic mass is 10.1. The highest BCUT2D eigenvalue weighted by Gasteiger charge is 2.15. The molecule has 1 amide bonds. The molecule has 0 aliphatic heterocycles. The molecule has 0 saturated heterocycles. The number of amides is 1. The first-order valence-electron chi connectivity index (χ1n) is 8.57. The van der Waals surface area contributed by atoms with Crippen molar-refractivity contribution < 1.29 is 14.3 Å². The average Bonchev–Trinajstić information content (AvgIpc) is 2.67. The second-order valence-corrected chi connectivity index (χ2v) is 7.59. The molecule has 1 aromatic carbocycles. The number of halogens is 2. The van der Waals surface area contributed by atoms with Crippen molar-refractivity contribution in [2.75, 3.05) is 13.6 Å². The zero-order valence-electron chi connectivity index (χ0n) is 15.5. The van der Waals surface area contributed by atoms with Crippen LogP contribution >= 0.6 is 31.9 Å². The van der Waals surface area contributed by atoms with Gasteiger partial charge in [-0.2, -0.15) is 0 Å². The van der Waals surface area contributed by atoms with E-state index in [1.807, 2.05) is 12.1 Å². The van der Waals surface area contributed by atoms with Crippen molar-refractivity contribution in [1.29, 1.82) is 0 Å². The Bertz CT molecular complexity index is 977. The van der Waals surface area contributed by atoms with Crippen LogP contribution in [0.5, 0.6) is 23.3 Å². The maximum absolute atomic E-state index is 12.8. The van der Waals surface area contributed by atoms with E-state index >= 15 is 0 Å². The first kappa shape index (κ1) is 21.0. The molecule has 0 bridgehead atoms. The van der Waals surface area contributed by atoms with Crippen molar-refractivity contribution in [3.05, 3.63) is 82.0 Å². The maximum atomic E-state index is 12.8. The molecule has 3 rings (SSSR count). The third-order valence-electron chi connectivity index (χ3n) is 3.70. The number of likely N-dealkylation sites (N-methyl/N-ethyl adjacent to an activating group) is 1. The molecule has 0 unspecified atom stereocenters. The first-order valence-corrected chi connectivity index (χ1v) is 10.2. The zero-order chi connectivity index (χ0) is 20.8. The molecule has 2 aromatic heterocycles. The summed E-state index contributed by atoms with van der Waals surface area (Å²) in [6, 6.07) is 15.6. The molecule has 0 spiro atoms. The van der Waals surface area contributed by atoms with Crippen LogP contribution in [0.25, 0.3) is 0 Å². The van der Waals surface area contributed by atoms with E-state index in [1.54, 1.807) is 60.5 Å². The molecule has 8 heteroatoms. The van der Waals surface area contributed by atoms with Crippen LogP contribution in [0.1, 0.15) is 10.4 Å². The van der Waals surface area contributed by atoms with Gasteiger partial charge < -0.3 is 14.4 Å². The second-order valence-electron chi connectivity index (χ2n) is 5.97. The molecule has 0 atom stereocenters. The van der Waals surface area contributed by atoms with Crippen molar-refractivity contribution in [2.45, 2.75) is 0 Å². The van der Waals surface area contributed by atoms with Gasteiger partial charge in [-0.3, -0.25) is 4.79 Å². The minimum Gasteiger partial charge on any atom is -0.439 e. The van der Waals surface area contributed by atoms with Crippen LogP contribution in [0.2, 0.25) is 0 Å². The van der Waals surface area contributed by atoms with Crippen LogP contribution in [0, 0.1) is 0 Å². The average molecular weight is 519 g/mol. The number of nitrogens with zero attached hydrogens (tertiary/aromatic N) is 3. The predicted molar refractivity (Wildman–Crippen MR) is 118 cm³/mol. The highest BCUT2D eigenvalue weighted by Crippen LogP contribution is 2.30. The molecule has 0 aliphatic rings. The van der Waals surface area contributed by atoms with Gasteiger partial charge in [0.25, 0.3) is 5.91 Å². The minimum atomic E-state index is -0.190. The lowest BCUT2D eigenvalue weighted by molar-refractivity contribution is 0.0809. The fourth-order valence-electron chi connectivity index (χ4n) is 2.44. The molecule has 0 saturated carbocycles. The Balaban J connectivity index is 1.96. The summed E-state index contributed by atoms with van der Waals surface area (Å²) in [5.74, 6) is 1.41. The van der Waals surface area contributed by atoms with Gasteiger partial charge in [-0.15, -0.1) is 6.58 Å². The maximum Gasteiger partial charge on any atom is 0.254 e. The molecule has 148 valence electrons. The number of rotatable bonds is 7. The fraction of sp³-hybridized carbons (Fsp3) is 0.0952. The number of benzene rings is 1. The summed E-state index contributed by atoms with van der Waals surface area (Å²) in [4.78, 5) is 22.8. The smallest absolute Gasteiger partial charge is 0.254 e. The summed E-state index contributed by atoms with van der Waals surface area (Å²) in [5.41, 5.74) is 0.409. The van der Waals surface area contributed by atoms with Gasteiger partial charge in [0.1, 0.15) is 20.7 Å². The Kier molecular flexibility index (Phi) is 7.00. The number of carbonyl (C=O) groups excluding carboxylic acids is 1. The molecular weight excluding hydrogens is 502 g/mol. The highest BCUT2D eigenvalue weighted by atomic mass is 79.9. The van der Waals surface area contributed by atoms with Crippen LogP contribution in [0.3, 0.4) is 0 Å². The van der Waals surface area contributed by atoms with E-state index in [4.69, 9.17) is 9.47 Å². The highest BCUT2D eigenvalue weighted by molar-refractivity contribution is 9.10. The van der Waals surface area contributed by atoms with E-state index in [2.05, 4.69) is 48.4 Å². The van der Waals surface area contributed by atoms with Gasteiger partial charge in [0.15, 0.2) is 0 Å². The summed E-state index contributed by atoms with van der Waals surface area (Å²) >= 11 is 6.63. The Morgan fingerprint density at radius 3 is 1.97 bits per heavy atom. The first-order chi connectivity index (χ1) is 13.9. The second kappa shape index (κ2) is 9.67. The van der Waals surface area contributed by atoms with Gasteiger partial charge in [-0.05, 0) is 56.1 Å². The molecule has 0 fully saturated rings. The van der Waals surface area contributed by atoms with E-state index in [-0.39, 0.29) is 5.91 Å². The summed E-state index contributed by atoms with van der Waals surface area (Å²) in [6.07, 6.45) is 1.66. The molecule has 3 aromatic rings. The Hall–Kier alpha value is -2.71. The molecule has 2 heterocycles. The number of ether oxygens (including phenoxy) is 2. The fourth-order valence-corrected chi connectivity index (χ4v) is 3.10. The molecule has 0 radical (unpaired) electrons. The van der Waals surface area contributed by atoms with E-state index in [0.29, 0.717) is 44.6 Å². The topological polar surface area (TPSA) is 64.6 Å². The quantitative estimate of drug-likeness (QED) is 0.290. The SMILES string of the molecule is C=CCN(C)C(=O)c1cc(Oc2cccc(Br)n2)cc(Oc2cccc(Br)n2)c1. The van der Waals surface area contributed by atoms with Gasteiger partial charge in [-0.1, -0.05) is 18.2 Å². The van der Waals surface area contributed by atoms with Crippen LogP contribution in [0.4, 0.5) is 0 Å². The number of aromatic nitrogens is 2. The van der Waals surface area contributed by atoms with Gasteiger partial charge in [0.05, 0.1) is 0 Å². The standard InChI is InChI=1S/C21H17Br2N3O3/c1-3-10-26(2)21(27)14-11-15(28-19-8-4-6-17(22)24-19)13-16(12-14)29-20-9-5-7-18(23)25-20/h3-9,11-13H,1,10H2,2H3. The van der Waals surface area contributed by atoms with E-state index in [9.17, 15) is 4.79 Å². The van der Waals surface area contributed by atoms with E-state index in [0.717, 1.165) is 0 Å². The Morgan fingerprint density at radius 1 is 1.00 bits per heavy atom. The van der Waals surface area contributed by atoms with E-state index < -0.39 is 0 Å². The van der Waals surface area contributed by atoms with Crippen LogP contribution in [-0.4, -0.2) is 34.4 Å². The Labute approximate surface area is 185 Å². The largest absolute Gasteiger partial charge is 0.439 e. The van der Waals surface area contributed by atoms with Crippen LogP contribution in [0.15, 0.2) is 76.5 Å². The van der Waals surface area contributed by atoms with Crippen molar-refractivity contribution in [3.63, 3.8) is 0 Å². The summed E-state index contributed by atoms with van der Waals surface area (Å²) in [5, 5.41) is 0. The van der Waals surface area contributed by atoms with Crippen LogP contribution in [-0.2, 0) is 0 Å². The van der Waals surface area contributed by atoms with Crippen molar-refractivity contribution in [2.24, 2.45) is 0 Å². The molecule has 0 aliphatic carbocycles. The van der Waals surface area contributed by atoms with Crippen molar-refractivity contribution in [3.8, 4) is 23.3 Å².